The lowest BCUT2D eigenvalue weighted by Crippen LogP contribution is -2.04. The maximum Gasteiger partial charge on any atom is 0.191 e. The minimum Gasteiger partial charge on any atom is -0.373 e. The molecule has 96 valence electrons. The van der Waals surface area contributed by atoms with Crippen molar-refractivity contribution in [3.05, 3.63) is 26.9 Å². The van der Waals surface area contributed by atoms with Crippen LogP contribution in [0.15, 0.2) is 27.1 Å². The number of rotatable bonds is 5. The van der Waals surface area contributed by atoms with Crippen molar-refractivity contribution >= 4 is 50.7 Å². The van der Waals surface area contributed by atoms with Crippen LogP contribution in [0.3, 0.4) is 0 Å². The number of thiophene rings is 1. The second kappa shape index (κ2) is 6.40. The molecule has 0 atom stereocenters. The van der Waals surface area contributed by atoms with E-state index in [0.717, 1.165) is 27.8 Å². The van der Waals surface area contributed by atoms with E-state index in [1.165, 1.54) is 16.6 Å². The van der Waals surface area contributed by atoms with Gasteiger partial charge < -0.3 is 10.6 Å². The summed E-state index contributed by atoms with van der Waals surface area (Å²) < 4.78 is 1.13. The smallest absolute Gasteiger partial charge is 0.191 e. The summed E-state index contributed by atoms with van der Waals surface area (Å²) in [6, 6.07) is 3.95. The fraction of sp³-hybridized carbons (Fsp3) is 0.273. The van der Waals surface area contributed by atoms with Gasteiger partial charge in [-0.3, -0.25) is 0 Å². The van der Waals surface area contributed by atoms with E-state index >= 15 is 0 Å². The quantitative estimate of drug-likeness (QED) is 0.640. The molecule has 0 unspecified atom stereocenters. The summed E-state index contributed by atoms with van der Waals surface area (Å²) in [7, 11) is 1.85. The standard InChI is InChI=1S/C11H13BrN4S2/c1-13-9-5-10(16-11(15-9)17-2)14-6-8-7(12)3-4-18-8/h3-5H,6H2,1-2H3,(H2,13,14,15,16). The zero-order valence-electron chi connectivity index (χ0n) is 10.0. The molecular formula is C11H13BrN4S2. The highest BCUT2D eigenvalue weighted by Crippen LogP contribution is 2.24. The number of hydrogen-bond acceptors (Lipinski definition) is 6. The van der Waals surface area contributed by atoms with Crippen LogP contribution >= 0.6 is 39.0 Å². The average Bonchev–Trinajstić information content (AvgIpc) is 2.81. The molecule has 0 aromatic carbocycles. The summed E-state index contributed by atoms with van der Waals surface area (Å²) in [4.78, 5) is 10.0. The molecule has 0 saturated carbocycles. The third-order valence-electron chi connectivity index (χ3n) is 2.27. The first-order chi connectivity index (χ1) is 8.72. The lowest BCUT2D eigenvalue weighted by atomic mass is 10.4. The SMILES string of the molecule is CNc1cc(NCc2sccc2Br)nc(SC)n1. The number of nitrogens with zero attached hydrogens (tertiary/aromatic N) is 2. The molecule has 0 amide bonds. The van der Waals surface area contributed by atoms with Gasteiger partial charge in [-0.15, -0.1) is 11.3 Å². The predicted octanol–water partition coefficient (Wildman–Crippen LogP) is 3.68. The third kappa shape index (κ3) is 3.37. The number of thioether (sulfide) groups is 1. The number of halogens is 1. The van der Waals surface area contributed by atoms with E-state index in [-0.39, 0.29) is 0 Å². The second-order valence-corrected chi connectivity index (χ2v) is 6.05. The van der Waals surface area contributed by atoms with Gasteiger partial charge >= 0.3 is 0 Å². The van der Waals surface area contributed by atoms with Gasteiger partial charge in [0, 0.05) is 22.5 Å². The largest absolute Gasteiger partial charge is 0.373 e. The summed E-state index contributed by atoms with van der Waals surface area (Å²) in [5.74, 6) is 1.65. The van der Waals surface area contributed by atoms with Crippen LogP contribution in [0.2, 0.25) is 0 Å². The maximum atomic E-state index is 4.42. The van der Waals surface area contributed by atoms with Crippen LogP contribution in [0.25, 0.3) is 0 Å². The van der Waals surface area contributed by atoms with Gasteiger partial charge in [-0.05, 0) is 33.6 Å². The lowest BCUT2D eigenvalue weighted by Gasteiger charge is -2.08. The molecule has 0 aliphatic heterocycles. The van der Waals surface area contributed by atoms with Crippen molar-refractivity contribution in [2.75, 3.05) is 23.9 Å². The summed E-state index contributed by atoms with van der Waals surface area (Å²) in [5, 5.41) is 9.17. The molecule has 18 heavy (non-hydrogen) atoms. The molecule has 7 heteroatoms. The van der Waals surface area contributed by atoms with Gasteiger partial charge in [0.15, 0.2) is 5.16 Å². The van der Waals surface area contributed by atoms with Crippen molar-refractivity contribution in [2.45, 2.75) is 11.7 Å². The Morgan fingerprint density at radius 3 is 2.78 bits per heavy atom. The predicted molar refractivity (Wildman–Crippen MR) is 82.7 cm³/mol. The number of anilines is 2. The monoisotopic (exact) mass is 344 g/mol. The van der Waals surface area contributed by atoms with Crippen molar-refractivity contribution in [3.63, 3.8) is 0 Å². The molecule has 0 aliphatic rings. The Bertz CT molecular complexity index is 507. The van der Waals surface area contributed by atoms with E-state index < -0.39 is 0 Å². The van der Waals surface area contributed by atoms with Gasteiger partial charge in [-0.1, -0.05) is 11.8 Å². The maximum absolute atomic E-state index is 4.42. The summed E-state index contributed by atoms with van der Waals surface area (Å²) in [6.45, 7) is 0.756. The summed E-state index contributed by atoms with van der Waals surface area (Å²) >= 11 is 6.76. The molecule has 2 rings (SSSR count). The van der Waals surface area contributed by atoms with Gasteiger partial charge in [-0.2, -0.15) is 0 Å². The molecular weight excluding hydrogens is 332 g/mol. The van der Waals surface area contributed by atoms with Crippen molar-refractivity contribution < 1.29 is 0 Å². The summed E-state index contributed by atoms with van der Waals surface area (Å²) in [6.07, 6.45) is 1.97. The first-order valence-corrected chi connectivity index (χ1v) is 8.19. The highest BCUT2D eigenvalue weighted by atomic mass is 79.9. The zero-order chi connectivity index (χ0) is 13.0. The van der Waals surface area contributed by atoms with Gasteiger partial charge in [-0.25, -0.2) is 9.97 Å². The molecule has 0 fully saturated rings. The van der Waals surface area contributed by atoms with Crippen LogP contribution in [0, 0.1) is 0 Å². The average molecular weight is 345 g/mol. The van der Waals surface area contributed by atoms with Crippen molar-refractivity contribution in [1.82, 2.24) is 9.97 Å². The molecule has 0 bridgehead atoms. The first kappa shape index (κ1) is 13.6. The third-order valence-corrected chi connectivity index (χ3v) is 4.74. The van der Waals surface area contributed by atoms with Crippen molar-refractivity contribution in [3.8, 4) is 0 Å². The topological polar surface area (TPSA) is 49.8 Å². The molecule has 2 heterocycles. The van der Waals surface area contributed by atoms with Gasteiger partial charge in [0.2, 0.25) is 0 Å². The number of aromatic nitrogens is 2. The van der Waals surface area contributed by atoms with E-state index in [4.69, 9.17) is 0 Å². The van der Waals surface area contributed by atoms with Crippen molar-refractivity contribution in [2.24, 2.45) is 0 Å². The highest BCUT2D eigenvalue weighted by molar-refractivity contribution is 9.10. The van der Waals surface area contributed by atoms with E-state index in [2.05, 4.69) is 41.9 Å². The number of hydrogen-bond donors (Lipinski definition) is 2. The highest BCUT2D eigenvalue weighted by Gasteiger charge is 2.05. The van der Waals surface area contributed by atoms with Crippen LogP contribution in [-0.4, -0.2) is 23.3 Å². The minimum absolute atomic E-state index is 0.756. The molecule has 0 saturated heterocycles. The minimum atomic E-state index is 0.756. The Balaban J connectivity index is 2.11. The fourth-order valence-electron chi connectivity index (χ4n) is 1.36. The normalized spacial score (nSPS) is 10.4. The van der Waals surface area contributed by atoms with Crippen LogP contribution < -0.4 is 10.6 Å². The molecule has 0 radical (unpaired) electrons. The fourth-order valence-corrected chi connectivity index (χ4v) is 3.17. The Hall–Kier alpha value is -0.790. The van der Waals surface area contributed by atoms with E-state index in [0.29, 0.717) is 0 Å². The van der Waals surface area contributed by atoms with Gasteiger partial charge in [0.05, 0.1) is 6.54 Å². The molecule has 4 nitrogen and oxygen atoms in total. The zero-order valence-corrected chi connectivity index (χ0v) is 13.2. The Morgan fingerprint density at radius 2 is 2.17 bits per heavy atom. The van der Waals surface area contributed by atoms with Crippen LogP contribution in [-0.2, 0) is 6.54 Å². The van der Waals surface area contributed by atoms with Gasteiger partial charge in [0.1, 0.15) is 11.6 Å². The van der Waals surface area contributed by atoms with Crippen molar-refractivity contribution in [1.29, 1.82) is 0 Å². The van der Waals surface area contributed by atoms with Crippen LogP contribution in [0.5, 0.6) is 0 Å². The lowest BCUT2D eigenvalue weighted by molar-refractivity contribution is 0.960. The first-order valence-electron chi connectivity index (χ1n) is 5.29. The Morgan fingerprint density at radius 1 is 1.39 bits per heavy atom. The molecule has 2 aromatic rings. The van der Waals surface area contributed by atoms with E-state index in [1.54, 1.807) is 11.3 Å². The van der Waals surface area contributed by atoms with Crippen LogP contribution in [0.1, 0.15) is 4.88 Å². The number of nitrogens with one attached hydrogen (secondary N) is 2. The van der Waals surface area contributed by atoms with Crippen LogP contribution in [0.4, 0.5) is 11.6 Å². The molecule has 0 aliphatic carbocycles. The van der Waals surface area contributed by atoms with E-state index in [9.17, 15) is 0 Å². The Kier molecular flexibility index (Phi) is 4.85. The molecule has 2 N–H and O–H groups in total. The molecule has 0 spiro atoms. The van der Waals surface area contributed by atoms with Gasteiger partial charge in [0.25, 0.3) is 0 Å². The Labute approximate surface area is 123 Å². The summed E-state index contributed by atoms with van der Waals surface area (Å²) in [5.41, 5.74) is 0. The molecule has 2 aromatic heterocycles. The second-order valence-electron chi connectivity index (χ2n) is 3.42. The van der Waals surface area contributed by atoms with E-state index in [1.807, 2.05) is 25.4 Å².